The molecule has 18 heavy (non-hydrogen) atoms. The third-order valence-electron chi connectivity index (χ3n) is 2.55. The average molecular weight is 245 g/mol. The fraction of sp³-hybridized carbons (Fsp3) is 0.308. The molecule has 0 bridgehead atoms. The van der Waals surface area contributed by atoms with Crippen molar-refractivity contribution in [3.63, 3.8) is 0 Å². The Kier molecular flexibility index (Phi) is 3.41. The number of aryl methyl sites for hydroxylation is 1. The van der Waals surface area contributed by atoms with E-state index in [0.717, 1.165) is 11.3 Å². The molecule has 1 heterocycles. The van der Waals surface area contributed by atoms with E-state index in [1.807, 2.05) is 24.3 Å². The van der Waals surface area contributed by atoms with Crippen LogP contribution in [-0.4, -0.2) is 16.1 Å². The second kappa shape index (κ2) is 5.00. The first-order chi connectivity index (χ1) is 8.58. The van der Waals surface area contributed by atoms with Crippen molar-refractivity contribution in [2.45, 2.75) is 26.7 Å². The molecule has 2 aromatic rings. The van der Waals surface area contributed by atoms with Crippen molar-refractivity contribution in [1.82, 2.24) is 10.2 Å². The molecule has 0 aliphatic heterocycles. The Labute approximate surface area is 105 Å². The highest BCUT2D eigenvalue weighted by Gasteiger charge is 2.15. The summed E-state index contributed by atoms with van der Waals surface area (Å²) in [7, 11) is 0. The van der Waals surface area contributed by atoms with Crippen LogP contribution in [0.2, 0.25) is 0 Å². The van der Waals surface area contributed by atoms with Gasteiger partial charge in [0.1, 0.15) is 0 Å². The van der Waals surface area contributed by atoms with Crippen molar-refractivity contribution in [2.75, 3.05) is 5.32 Å². The van der Waals surface area contributed by atoms with Gasteiger partial charge in [0, 0.05) is 12.6 Å². The van der Waals surface area contributed by atoms with E-state index in [-0.39, 0.29) is 11.8 Å². The molecule has 0 aliphatic carbocycles. The third kappa shape index (κ3) is 2.56. The lowest BCUT2D eigenvalue weighted by molar-refractivity contribution is 0.0989. The summed E-state index contributed by atoms with van der Waals surface area (Å²) in [6, 6.07) is 7.66. The van der Waals surface area contributed by atoms with Gasteiger partial charge >= 0.3 is 11.8 Å². The standard InChI is InChI=1S/C13H15N3O2/c1-8(2)10-6-4-5-7-11(10)14-12(17)13-16-15-9(3)18-13/h4-8H,1-3H3,(H,14,17). The Morgan fingerprint density at radius 2 is 2.00 bits per heavy atom. The third-order valence-corrected chi connectivity index (χ3v) is 2.55. The van der Waals surface area contributed by atoms with Gasteiger partial charge in [-0.2, -0.15) is 0 Å². The van der Waals surface area contributed by atoms with Crippen LogP contribution in [0.4, 0.5) is 5.69 Å². The molecule has 1 aromatic carbocycles. The summed E-state index contributed by atoms with van der Waals surface area (Å²) in [5.74, 6) is 0.290. The van der Waals surface area contributed by atoms with Crippen molar-refractivity contribution in [2.24, 2.45) is 0 Å². The van der Waals surface area contributed by atoms with Crippen LogP contribution < -0.4 is 5.32 Å². The van der Waals surface area contributed by atoms with Crippen LogP contribution >= 0.6 is 0 Å². The monoisotopic (exact) mass is 245 g/mol. The molecule has 94 valence electrons. The van der Waals surface area contributed by atoms with Gasteiger partial charge in [0.2, 0.25) is 5.89 Å². The van der Waals surface area contributed by atoms with Crippen molar-refractivity contribution in [3.05, 3.63) is 41.6 Å². The molecule has 0 aliphatic rings. The molecule has 1 N–H and O–H groups in total. The van der Waals surface area contributed by atoms with Gasteiger partial charge in [-0.1, -0.05) is 32.0 Å². The maximum atomic E-state index is 11.9. The first-order valence-electron chi connectivity index (χ1n) is 5.78. The molecule has 0 fully saturated rings. The molecule has 0 atom stereocenters. The number of hydrogen-bond donors (Lipinski definition) is 1. The minimum Gasteiger partial charge on any atom is -0.417 e. The van der Waals surface area contributed by atoms with E-state index in [1.165, 1.54) is 0 Å². The van der Waals surface area contributed by atoms with E-state index in [0.29, 0.717) is 11.8 Å². The molecule has 2 rings (SSSR count). The minimum absolute atomic E-state index is 0.0222. The topological polar surface area (TPSA) is 68.0 Å². The maximum absolute atomic E-state index is 11.9. The Bertz CT molecular complexity index is 561. The van der Waals surface area contributed by atoms with Gasteiger partial charge in [-0.05, 0) is 17.5 Å². The average Bonchev–Trinajstić information content (AvgIpc) is 2.76. The number of amides is 1. The van der Waals surface area contributed by atoms with Gasteiger partial charge in [0.05, 0.1) is 0 Å². The lowest BCUT2D eigenvalue weighted by Gasteiger charge is -2.12. The predicted octanol–water partition coefficient (Wildman–Crippen LogP) is 2.75. The number of nitrogens with one attached hydrogen (secondary N) is 1. The molecule has 1 amide bonds. The summed E-state index contributed by atoms with van der Waals surface area (Å²) in [6.07, 6.45) is 0. The van der Waals surface area contributed by atoms with Crippen molar-refractivity contribution in [3.8, 4) is 0 Å². The smallest absolute Gasteiger partial charge is 0.313 e. The minimum atomic E-state index is -0.385. The summed E-state index contributed by atoms with van der Waals surface area (Å²) in [5.41, 5.74) is 1.84. The number of anilines is 1. The lowest BCUT2D eigenvalue weighted by atomic mass is 10.0. The fourth-order valence-electron chi connectivity index (χ4n) is 1.68. The number of hydrogen-bond acceptors (Lipinski definition) is 4. The zero-order chi connectivity index (χ0) is 13.1. The van der Waals surface area contributed by atoms with Gasteiger partial charge in [0.15, 0.2) is 0 Å². The van der Waals surface area contributed by atoms with Gasteiger partial charge < -0.3 is 9.73 Å². The van der Waals surface area contributed by atoms with Crippen LogP contribution in [-0.2, 0) is 0 Å². The second-order valence-electron chi connectivity index (χ2n) is 4.32. The number of para-hydroxylation sites is 1. The number of aromatic nitrogens is 2. The van der Waals surface area contributed by atoms with Crippen LogP contribution in [0.15, 0.2) is 28.7 Å². The summed E-state index contributed by atoms with van der Waals surface area (Å²) in [6.45, 7) is 5.79. The first-order valence-corrected chi connectivity index (χ1v) is 5.78. The molecule has 5 heteroatoms. The highest BCUT2D eigenvalue weighted by Crippen LogP contribution is 2.23. The normalized spacial score (nSPS) is 10.7. The van der Waals surface area contributed by atoms with Crippen LogP contribution in [0.3, 0.4) is 0 Å². The van der Waals surface area contributed by atoms with E-state index in [4.69, 9.17) is 4.42 Å². The number of carbonyl (C=O) groups excluding carboxylic acids is 1. The summed E-state index contributed by atoms with van der Waals surface area (Å²) in [5, 5.41) is 10.1. The summed E-state index contributed by atoms with van der Waals surface area (Å²) in [4.78, 5) is 11.9. The maximum Gasteiger partial charge on any atom is 0.313 e. The number of benzene rings is 1. The van der Waals surface area contributed by atoms with E-state index in [9.17, 15) is 4.79 Å². The van der Waals surface area contributed by atoms with Crippen molar-refractivity contribution in [1.29, 1.82) is 0 Å². The first kappa shape index (κ1) is 12.3. The van der Waals surface area contributed by atoms with Crippen molar-refractivity contribution >= 4 is 11.6 Å². The zero-order valence-electron chi connectivity index (χ0n) is 10.6. The number of rotatable bonds is 3. The molecule has 0 unspecified atom stereocenters. The fourth-order valence-corrected chi connectivity index (χ4v) is 1.68. The molecule has 0 spiro atoms. The van der Waals surface area contributed by atoms with Crippen LogP contribution in [0.1, 0.15) is 41.9 Å². The van der Waals surface area contributed by atoms with Crippen LogP contribution in [0.25, 0.3) is 0 Å². The highest BCUT2D eigenvalue weighted by atomic mass is 16.4. The zero-order valence-corrected chi connectivity index (χ0v) is 10.6. The number of nitrogens with zero attached hydrogens (tertiary/aromatic N) is 2. The largest absolute Gasteiger partial charge is 0.417 e. The Balaban J connectivity index is 2.22. The Hall–Kier alpha value is -2.17. The molecular formula is C13H15N3O2. The van der Waals surface area contributed by atoms with E-state index in [1.54, 1.807) is 6.92 Å². The molecule has 0 saturated carbocycles. The lowest BCUT2D eigenvalue weighted by Crippen LogP contribution is -2.14. The summed E-state index contributed by atoms with van der Waals surface area (Å²) >= 11 is 0. The molecule has 0 radical (unpaired) electrons. The molecule has 1 aromatic heterocycles. The van der Waals surface area contributed by atoms with Gasteiger partial charge in [0.25, 0.3) is 0 Å². The van der Waals surface area contributed by atoms with Gasteiger partial charge in [-0.25, -0.2) is 0 Å². The van der Waals surface area contributed by atoms with E-state index >= 15 is 0 Å². The van der Waals surface area contributed by atoms with E-state index in [2.05, 4.69) is 29.4 Å². The number of carbonyl (C=O) groups is 1. The second-order valence-corrected chi connectivity index (χ2v) is 4.32. The van der Waals surface area contributed by atoms with Gasteiger partial charge in [-0.15, -0.1) is 10.2 Å². The highest BCUT2D eigenvalue weighted by molar-refractivity contribution is 6.01. The van der Waals surface area contributed by atoms with E-state index < -0.39 is 0 Å². The van der Waals surface area contributed by atoms with Gasteiger partial charge in [-0.3, -0.25) is 4.79 Å². The summed E-state index contributed by atoms with van der Waals surface area (Å²) < 4.78 is 5.08. The Morgan fingerprint density at radius 3 is 2.61 bits per heavy atom. The Morgan fingerprint density at radius 1 is 1.28 bits per heavy atom. The SMILES string of the molecule is Cc1nnc(C(=O)Nc2ccccc2C(C)C)o1. The quantitative estimate of drug-likeness (QED) is 0.902. The predicted molar refractivity (Wildman–Crippen MR) is 67.5 cm³/mol. The van der Waals surface area contributed by atoms with Crippen molar-refractivity contribution < 1.29 is 9.21 Å². The van der Waals surface area contributed by atoms with Crippen LogP contribution in [0.5, 0.6) is 0 Å². The molecular weight excluding hydrogens is 230 g/mol. The molecule has 5 nitrogen and oxygen atoms in total. The molecule has 0 saturated heterocycles. The van der Waals surface area contributed by atoms with Crippen LogP contribution in [0, 0.1) is 6.92 Å².